The molecule has 1 saturated heterocycles. The largest absolute Gasteiger partial charge is 0.496 e. The fourth-order valence-electron chi connectivity index (χ4n) is 3.68. The normalized spacial score (nSPS) is 16.4. The number of H-pyrrole nitrogens is 1. The molecule has 3 aromatic rings. The third-order valence-corrected chi connectivity index (χ3v) is 5.20. The number of nitrogens with zero attached hydrogens (tertiary/aromatic N) is 1. The van der Waals surface area contributed by atoms with Crippen LogP contribution in [0.15, 0.2) is 36.5 Å². The molecule has 0 aliphatic carbocycles. The third kappa shape index (κ3) is 4.92. The van der Waals surface area contributed by atoms with Crippen LogP contribution in [0.3, 0.4) is 0 Å². The lowest BCUT2D eigenvalue weighted by molar-refractivity contribution is -0.0334. The molecule has 0 bridgehead atoms. The lowest BCUT2D eigenvalue weighted by Gasteiger charge is -2.12. The number of hydrogen-bond donors (Lipinski definition) is 2. The highest BCUT2D eigenvalue weighted by molar-refractivity contribution is 5.97. The molecule has 1 fully saturated rings. The molecule has 0 amide bonds. The molecule has 0 radical (unpaired) electrons. The Morgan fingerprint density at radius 3 is 2.48 bits per heavy atom. The van der Waals surface area contributed by atoms with Crippen molar-refractivity contribution in [1.82, 2.24) is 15.3 Å². The number of pyridine rings is 1. The van der Waals surface area contributed by atoms with Gasteiger partial charge >= 0.3 is 0 Å². The summed E-state index contributed by atoms with van der Waals surface area (Å²) >= 11 is 0. The highest BCUT2D eigenvalue weighted by Crippen LogP contribution is 2.38. The molecular weight excluding hydrogens is 404 g/mol. The molecule has 6 nitrogen and oxygen atoms in total. The first-order chi connectivity index (χ1) is 15.2. The van der Waals surface area contributed by atoms with Gasteiger partial charge in [-0.3, -0.25) is 0 Å². The fourth-order valence-corrected chi connectivity index (χ4v) is 3.68. The van der Waals surface area contributed by atoms with Gasteiger partial charge in [0.25, 0.3) is 0 Å². The minimum Gasteiger partial charge on any atom is -0.496 e. The molecular formula is C23H25F2N3O3. The molecule has 0 unspecified atom stereocenters. The third-order valence-electron chi connectivity index (χ3n) is 5.20. The van der Waals surface area contributed by atoms with Crippen LogP contribution in [0.4, 0.5) is 8.78 Å². The molecule has 164 valence electrons. The topological polar surface area (TPSA) is 68.4 Å². The summed E-state index contributed by atoms with van der Waals surface area (Å²) in [5.41, 5.74) is 3.30. The van der Waals surface area contributed by atoms with Gasteiger partial charge in [0.2, 0.25) is 0 Å². The van der Waals surface area contributed by atoms with Crippen LogP contribution in [0.2, 0.25) is 0 Å². The minimum absolute atomic E-state index is 0.290. The van der Waals surface area contributed by atoms with E-state index in [-0.39, 0.29) is 0 Å². The van der Waals surface area contributed by atoms with Crippen LogP contribution in [-0.4, -0.2) is 56.6 Å². The van der Waals surface area contributed by atoms with E-state index in [0.717, 1.165) is 63.4 Å². The first kappa shape index (κ1) is 21.4. The van der Waals surface area contributed by atoms with Crippen LogP contribution in [0.1, 0.15) is 12.1 Å². The second kappa shape index (κ2) is 10.00. The van der Waals surface area contributed by atoms with Crippen molar-refractivity contribution >= 4 is 16.6 Å². The maximum Gasteiger partial charge on any atom is 0.150 e. The van der Waals surface area contributed by atoms with E-state index in [9.17, 15) is 8.78 Å². The summed E-state index contributed by atoms with van der Waals surface area (Å²) in [6, 6.07) is 5.95. The molecule has 0 saturated carbocycles. The molecule has 4 heterocycles. The van der Waals surface area contributed by atoms with Crippen molar-refractivity contribution in [2.24, 2.45) is 0 Å². The predicted molar refractivity (Wildman–Crippen MR) is 115 cm³/mol. The second-order valence-electron chi connectivity index (χ2n) is 7.18. The van der Waals surface area contributed by atoms with E-state index in [2.05, 4.69) is 21.4 Å². The monoisotopic (exact) mass is 429 g/mol. The maximum absolute atomic E-state index is 14.6. The Balaban J connectivity index is 0.000000334. The Kier molecular flexibility index (Phi) is 6.91. The van der Waals surface area contributed by atoms with Crippen LogP contribution in [0.5, 0.6) is 5.75 Å². The molecule has 2 N–H and O–H groups in total. The summed E-state index contributed by atoms with van der Waals surface area (Å²) in [4.78, 5) is 7.40. The molecule has 0 atom stereocenters. The van der Waals surface area contributed by atoms with Crippen LogP contribution in [0, 0.1) is 11.6 Å². The van der Waals surface area contributed by atoms with E-state index in [1.54, 1.807) is 0 Å². The number of hydrogen-bond acceptors (Lipinski definition) is 5. The summed E-state index contributed by atoms with van der Waals surface area (Å²) in [6.45, 7) is 4.81. The van der Waals surface area contributed by atoms with Gasteiger partial charge in [-0.1, -0.05) is 6.08 Å². The van der Waals surface area contributed by atoms with E-state index in [4.69, 9.17) is 14.2 Å². The average molecular weight is 429 g/mol. The number of rotatable bonds is 3. The minimum atomic E-state index is -0.513. The predicted octanol–water partition coefficient (Wildman–Crippen LogP) is 3.93. The van der Waals surface area contributed by atoms with Crippen molar-refractivity contribution in [3.8, 4) is 16.9 Å². The van der Waals surface area contributed by atoms with E-state index in [1.807, 2.05) is 6.07 Å². The van der Waals surface area contributed by atoms with Crippen molar-refractivity contribution in [3.05, 3.63) is 53.9 Å². The van der Waals surface area contributed by atoms with Crippen LogP contribution < -0.4 is 10.1 Å². The Bertz CT molecular complexity index is 1070. The smallest absolute Gasteiger partial charge is 0.150 e. The summed E-state index contributed by atoms with van der Waals surface area (Å²) in [5.74, 6) is -0.546. The summed E-state index contributed by atoms with van der Waals surface area (Å²) in [7, 11) is 1.48. The first-order valence-corrected chi connectivity index (χ1v) is 10.2. The number of halogens is 2. The van der Waals surface area contributed by atoms with Crippen molar-refractivity contribution < 1.29 is 23.0 Å². The molecule has 0 spiro atoms. The van der Waals surface area contributed by atoms with Crippen LogP contribution >= 0.6 is 0 Å². The molecule has 5 rings (SSSR count). The van der Waals surface area contributed by atoms with Gasteiger partial charge in [-0.25, -0.2) is 13.8 Å². The van der Waals surface area contributed by atoms with Gasteiger partial charge in [-0.2, -0.15) is 0 Å². The first-order valence-electron chi connectivity index (χ1n) is 10.2. The second-order valence-corrected chi connectivity index (χ2v) is 7.18. The fraction of sp³-hybridized carbons (Fsp3) is 0.348. The van der Waals surface area contributed by atoms with Gasteiger partial charge < -0.3 is 24.5 Å². The van der Waals surface area contributed by atoms with Crippen molar-refractivity contribution in [3.63, 3.8) is 0 Å². The number of benzene rings is 1. The van der Waals surface area contributed by atoms with Crippen molar-refractivity contribution in [1.29, 1.82) is 0 Å². The standard InChI is InChI=1S/C19H17F2N3O.C4H8O2/c1-25-17-3-2-12(20)8-13(17)18-14-9-16(11-4-6-22-7-5-11)24-19(14)23-10-15(18)21;1-2-6-4-3-5-1/h2-4,8-10,22H,5-7H2,1H3,(H,23,24);1-4H2. The van der Waals surface area contributed by atoms with Crippen molar-refractivity contribution in [2.45, 2.75) is 6.42 Å². The molecule has 2 aliphatic heterocycles. The molecule has 2 aromatic heterocycles. The van der Waals surface area contributed by atoms with Gasteiger partial charge in [-0.05, 0) is 42.8 Å². The van der Waals surface area contributed by atoms with E-state index < -0.39 is 11.6 Å². The lowest BCUT2D eigenvalue weighted by atomic mass is 10.0. The van der Waals surface area contributed by atoms with E-state index >= 15 is 0 Å². The molecule has 1 aromatic carbocycles. The van der Waals surface area contributed by atoms with Gasteiger partial charge in [0.05, 0.1) is 39.7 Å². The van der Waals surface area contributed by atoms with Crippen LogP contribution in [-0.2, 0) is 9.47 Å². The summed E-state index contributed by atoms with van der Waals surface area (Å²) in [6.07, 6.45) is 4.14. The Morgan fingerprint density at radius 2 is 1.84 bits per heavy atom. The van der Waals surface area contributed by atoms with Gasteiger partial charge in [0, 0.05) is 28.8 Å². The maximum atomic E-state index is 14.6. The quantitative estimate of drug-likeness (QED) is 0.661. The Hall–Kier alpha value is -2.81. The van der Waals surface area contributed by atoms with Gasteiger partial charge in [0.1, 0.15) is 23.0 Å². The van der Waals surface area contributed by atoms with E-state index in [1.165, 1.54) is 25.3 Å². The number of fused-ring (bicyclic) bond motifs is 1. The number of nitrogens with one attached hydrogen (secondary N) is 2. The summed E-state index contributed by atoms with van der Waals surface area (Å²) in [5, 5.41) is 3.87. The Morgan fingerprint density at radius 1 is 1.06 bits per heavy atom. The number of aromatic nitrogens is 2. The summed E-state index contributed by atoms with van der Waals surface area (Å²) < 4.78 is 43.6. The number of methoxy groups -OCH3 is 1. The zero-order valence-electron chi connectivity index (χ0n) is 17.3. The molecule has 31 heavy (non-hydrogen) atoms. The van der Waals surface area contributed by atoms with E-state index in [0.29, 0.717) is 27.9 Å². The van der Waals surface area contributed by atoms with Gasteiger partial charge in [-0.15, -0.1) is 0 Å². The average Bonchev–Trinajstić information content (AvgIpc) is 3.25. The zero-order valence-corrected chi connectivity index (χ0v) is 17.3. The Labute approximate surface area is 179 Å². The lowest BCUT2D eigenvalue weighted by Crippen LogP contribution is -2.20. The molecule has 8 heteroatoms. The number of ether oxygens (including phenoxy) is 3. The highest BCUT2D eigenvalue weighted by Gasteiger charge is 2.19. The molecule has 2 aliphatic rings. The van der Waals surface area contributed by atoms with Gasteiger partial charge in [0.15, 0.2) is 0 Å². The number of aromatic amines is 1. The highest BCUT2D eigenvalue weighted by atomic mass is 19.1. The SMILES string of the molecule is C1COCCO1.COc1ccc(F)cc1-c1c(F)cnc2[nH]c(C3=CCNCC3)cc12. The van der Waals surface area contributed by atoms with Crippen LogP contribution in [0.25, 0.3) is 27.7 Å². The zero-order chi connectivity index (χ0) is 21.6. The van der Waals surface area contributed by atoms with Crippen molar-refractivity contribution in [2.75, 3.05) is 46.6 Å².